The number of halogens is 1. The van der Waals surface area contributed by atoms with Gasteiger partial charge in [-0.05, 0) is 17.3 Å². The van der Waals surface area contributed by atoms with Gasteiger partial charge in [0, 0.05) is 5.56 Å². The zero-order valence-electron chi connectivity index (χ0n) is 10.6. The molecule has 1 aromatic carbocycles. The highest BCUT2D eigenvalue weighted by Gasteiger charge is 2.14. The summed E-state index contributed by atoms with van der Waals surface area (Å²) in [6.45, 7) is 0. The first-order chi connectivity index (χ1) is 10.2. The normalized spacial score (nSPS) is 10.3. The minimum absolute atomic E-state index is 0.0724. The molecular weight excluding hydrogens is 292 g/mol. The number of aromatic nitrogens is 5. The molecule has 0 spiro atoms. The summed E-state index contributed by atoms with van der Waals surface area (Å²) in [7, 11) is 0. The van der Waals surface area contributed by atoms with Crippen molar-refractivity contribution in [1.29, 1.82) is 0 Å². The molecule has 2 aromatic heterocycles. The van der Waals surface area contributed by atoms with Gasteiger partial charge in [0.1, 0.15) is 5.15 Å². The van der Waals surface area contributed by atoms with Crippen LogP contribution in [0.2, 0.25) is 5.15 Å². The van der Waals surface area contributed by atoms with Crippen LogP contribution >= 0.6 is 11.6 Å². The SMILES string of the molecule is O=C(Nc1nn[nH]n1)c1ccc(-c2ccccc2)nc1Cl. The van der Waals surface area contributed by atoms with E-state index in [1.54, 1.807) is 12.1 Å². The van der Waals surface area contributed by atoms with Crippen molar-refractivity contribution in [2.75, 3.05) is 5.32 Å². The average molecular weight is 301 g/mol. The number of nitrogens with zero attached hydrogens (tertiary/aromatic N) is 4. The van der Waals surface area contributed by atoms with Crippen LogP contribution in [-0.4, -0.2) is 31.5 Å². The van der Waals surface area contributed by atoms with E-state index >= 15 is 0 Å². The molecule has 21 heavy (non-hydrogen) atoms. The Morgan fingerprint density at radius 2 is 1.95 bits per heavy atom. The highest BCUT2D eigenvalue weighted by atomic mass is 35.5. The number of anilines is 1. The minimum Gasteiger partial charge on any atom is -0.288 e. The van der Waals surface area contributed by atoms with E-state index in [9.17, 15) is 4.79 Å². The van der Waals surface area contributed by atoms with Crippen LogP contribution < -0.4 is 5.32 Å². The van der Waals surface area contributed by atoms with Crippen LogP contribution in [0.1, 0.15) is 10.4 Å². The molecule has 0 aliphatic heterocycles. The van der Waals surface area contributed by atoms with Crippen LogP contribution in [0.4, 0.5) is 5.95 Å². The van der Waals surface area contributed by atoms with E-state index in [2.05, 4.69) is 30.9 Å². The first kappa shape index (κ1) is 13.2. The fraction of sp³-hybridized carbons (Fsp3) is 0. The molecular formula is C13H9ClN6O. The van der Waals surface area contributed by atoms with Crippen LogP contribution in [0.5, 0.6) is 0 Å². The molecule has 0 bridgehead atoms. The summed E-state index contributed by atoms with van der Waals surface area (Å²) in [5, 5.41) is 15.4. The van der Waals surface area contributed by atoms with Crippen molar-refractivity contribution in [1.82, 2.24) is 25.6 Å². The number of hydrogen-bond donors (Lipinski definition) is 2. The monoisotopic (exact) mass is 300 g/mol. The summed E-state index contributed by atoms with van der Waals surface area (Å²) >= 11 is 6.08. The number of nitrogens with one attached hydrogen (secondary N) is 2. The van der Waals surface area contributed by atoms with E-state index in [0.717, 1.165) is 5.56 Å². The van der Waals surface area contributed by atoms with Gasteiger partial charge >= 0.3 is 0 Å². The van der Waals surface area contributed by atoms with Crippen molar-refractivity contribution in [2.45, 2.75) is 0 Å². The van der Waals surface area contributed by atoms with E-state index in [1.807, 2.05) is 30.3 Å². The van der Waals surface area contributed by atoms with Crippen LogP contribution in [0.3, 0.4) is 0 Å². The summed E-state index contributed by atoms with van der Waals surface area (Å²) in [5.74, 6) is -0.378. The van der Waals surface area contributed by atoms with E-state index in [-0.39, 0.29) is 16.7 Å². The van der Waals surface area contributed by atoms with Crippen molar-refractivity contribution < 1.29 is 4.79 Å². The van der Waals surface area contributed by atoms with Crippen molar-refractivity contribution in [3.63, 3.8) is 0 Å². The maximum absolute atomic E-state index is 12.0. The Labute approximate surface area is 124 Å². The fourth-order valence-corrected chi connectivity index (χ4v) is 2.00. The Morgan fingerprint density at radius 3 is 2.62 bits per heavy atom. The predicted molar refractivity (Wildman–Crippen MR) is 76.8 cm³/mol. The summed E-state index contributed by atoms with van der Waals surface area (Å²) in [6, 6.07) is 12.9. The summed E-state index contributed by atoms with van der Waals surface area (Å²) in [6.07, 6.45) is 0. The van der Waals surface area contributed by atoms with Gasteiger partial charge in [-0.15, -0.1) is 5.10 Å². The lowest BCUT2D eigenvalue weighted by atomic mass is 10.1. The number of rotatable bonds is 3. The number of carbonyl (C=O) groups is 1. The van der Waals surface area contributed by atoms with Crippen molar-refractivity contribution in [3.05, 3.63) is 53.2 Å². The van der Waals surface area contributed by atoms with E-state index in [0.29, 0.717) is 5.69 Å². The van der Waals surface area contributed by atoms with Gasteiger partial charge in [0.2, 0.25) is 0 Å². The Bertz CT molecular complexity index is 760. The first-order valence-electron chi connectivity index (χ1n) is 6.01. The molecule has 3 aromatic rings. The number of tetrazole rings is 1. The molecule has 104 valence electrons. The van der Waals surface area contributed by atoms with E-state index in [1.165, 1.54) is 0 Å². The number of H-pyrrole nitrogens is 1. The number of amides is 1. The molecule has 8 heteroatoms. The second-order valence-corrected chi connectivity index (χ2v) is 4.45. The molecule has 0 radical (unpaired) electrons. The van der Waals surface area contributed by atoms with Gasteiger partial charge in [-0.3, -0.25) is 10.1 Å². The van der Waals surface area contributed by atoms with Crippen molar-refractivity contribution >= 4 is 23.5 Å². The van der Waals surface area contributed by atoms with Gasteiger partial charge in [0.25, 0.3) is 11.9 Å². The molecule has 1 amide bonds. The standard InChI is InChI=1S/C13H9ClN6O/c14-11-9(12(21)16-13-17-19-20-18-13)6-7-10(15-11)8-4-2-1-3-5-8/h1-7H,(H2,16,17,18,19,20,21). The molecule has 3 rings (SSSR count). The Hall–Kier alpha value is -2.80. The molecule has 0 fully saturated rings. The Balaban J connectivity index is 1.86. The lowest BCUT2D eigenvalue weighted by Crippen LogP contribution is -2.14. The molecule has 2 N–H and O–H groups in total. The minimum atomic E-state index is -0.450. The summed E-state index contributed by atoms with van der Waals surface area (Å²) in [4.78, 5) is 16.3. The lowest BCUT2D eigenvalue weighted by molar-refractivity contribution is 0.102. The molecule has 2 heterocycles. The second-order valence-electron chi connectivity index (χ2n) is 4.09. The zero-order chi connectivity index (χ0) is 14.7. The van der Waals surface area contributed by atoms with Crippen LogP contribution in [-0.2, 0) is 0 Å². The third-order valence-electron chi connectivity index (χ3n) is 2.73. The van der Waals surface area contributed by atoms with Crippen LogP contribution in [0, 0.1) is 0 Å². The second kappa shape index (κ2) is 5.68. The van der Waals surface area contributed by atoms with Gasteiger partial charge in [0.15, 0.2) is 0 Å². The zero-order valence-corrected chi connectivity index (χ0v) is 11.4. The van der Waals surface area contributed by atoms with Crippen molar-refractivity contribution in [2.24, 2.45) is 0 Å². The summed E-state index contributed by atoms with van der Waals surface area (Å²) in [5.41, 5.74) is 1.85. The number of carbonyl (C=O) groups excluding carboxylic acids is 1. The van der Waals surface area contributed by atoms with Gasteiger partial charge in [0.05, 0.1) is 11.3 Å². The third kappa shape index (κ3) is 2.87. The molecule has 0 aliphatic rings. The molecule has 0 aliphatic carbocycles. The van der Waals surface area contributed by atoms with Gasteiger partial charge < -0.3 is 0 Å². The maximum atomic E-state index is 12.0. The van der Waals surface area contributed by atoms with Gasteiger partial charge in [-0.1, -0.05) is 47.0 Å². The number of hydrogen-bond acceptors (Lipinski definition) is 5. The van der Waals surface area contributed by atoms with Gasteiger partial charge in [-0.2, -0.15) is 5.21 Å². The van der Waals surface area contributed by atoms with E-state index < -0.39 is 5.91 Å². The Kier molecular flexibility index (Phi) is 3.57. The molecule has 0 unspecified atom stereocenters. The largest absolute Gasteiger partial charge is 0.288 e. The smallest absolute Gasteiger partial charge is 0.270 e. The fourth-order valence-electron chi connectivity index (χ4n) is 1.76. The van der Waals surface area contributed by atoms with Gasteiger partial charge in [-0.25, -0.2) is 4.98 Å². The Morgan fingerprint density at radius 1 is 1.14 bits per heavy atom. The summed E-state index contributed by atoms with van der Waals surface area (Å²) < 4.78 is 0. The average Bonchev–Trinajstić information content (AvgIpc) is 3.01. The first-order valence-corrected chi connectivity index (χ1v) is 6.38. The molecule has 0 saturated heterocycles. The van der Waals surface area contributed by atoms with Crippen LogP contribution in [0.25, 0.3) is 11.3 Å². The third-order valence-corrected chi connectivity index (χ3v) is 3.02. The van der Waals surface area contributed by atoms with Crippen molar-refractivity contribution in [3.8, 4) is 11.3 Å². The predicted octanol–water partition coefficient (Wildman–Crippen LogP) is 2.17. The molecule has 7 nitrogen and oxygen atoms in total. The number of aromatic amines is 1. The van der Waals surface area contributed by atoms with E-state index in [4.69, 9.17) is 11.6 Å². The number of pyridine rings is 1. The molecule has 0 saturated carbocycles. The highest BCUT2D eigenvalue weighted by molar-refractivity contribution is 6.33. The lowest BCUT2D eigenvalue weighted by Gasteiger charge is -2.05. The maximum Gasteiger partial charge on any atom is 0.270 e. The van der Waals surface area contributed by atoms with Crippen LogP contribution in [0.15, 0.2) is 42.5 Å². The quantitative estimate of drug-likeness (QED) is 0.723. The number of benzene rings is 1. The topological polar surface area (TPSA) is 96.5 Å². The highest BCUT2D eigenvalue weighted by Crippen LogP contribution is 2.22. The molecule has 0 atom stereocenters.